The third kappa shape index (κ3) is 2.41. The Kier molecular flexibility index (Phi) is 3.57. The number of hydrogen-bond donors (Lipinski definition) is 1. The first-order valence-corrected chi connectivity index (χ1v) is 4.41. The fraction of sp³-hybridized carbons (Fsp3) is 0.273. The van der Waals surface area contributed by atoms with E-state index in [9.17, 15) is 14.7 Å². The third-order valence-corrected chi connectivity index (χ3v) is 2.09. The highest BCUT2D eigenvalue weighted by atomic mass is 16.5. The molecule has 4 nitrogen and oxygen atoms in total. The van der Waals surface area contributed by atoms with Crippen LogP contribution in [0.4, 0.5) is 0 Å². The van der Waals surface area contributed by atoms with E-state index in [4.69, 9.17) is 0 Å². The number of hydrogen-bond acceptors (Lipinski definition) is 4. The highest BCUT2D eigenvalue weighted by Gasteiger charge is 2.20. The van der Waals surface area contributed by atoms with Crippen LogP contribution < -0.4 is 0 Å². The maximum absolute atomic E-state index is 11.1. The molecule has 0 aliphatic carbocycles. The van der Waals surface area contributed by atoms with Crippen LogP contribution in [0.15, 0.2) is 18.2 Å². The Morgan fingerprint density at radius 1 is 1.53 bits per heavy atom. The smallest absolute Gasteiger partial charge is 0.339 e. The topological polar surface area (TPSA) is 63.6 Å². The average molecular weight is 208 g/mol. The van der Waals surface area contributed by atoms with Crippen molar-refractivity contribution in [3.8, 4) is 0 Å². The molecular weight excluding hydrogens is 196 g/mol. The van der Waals surface area contributed by atoms with Crippen LogP contribution in [0.25, 0.3) is 0 Å². The number of rotatable bonds is 3. The molecular formula is C11H12O4. The van der Waals surface area contributed by atoms with Gasteiger partial charge < -0.3 is 9.84 Å². The van der Waals surface area contributed by atoms with Crippen molar-refractivity contribution < 1.29 is 19.4 Å². The second kappa shape index (κ2) is 4.70. The maximum atomic E-state index is 11.1. The zero-order valence-electron chi connectivity index (χ0n) is 8.56. The summed E-state index contributed by atoms with van der Waals surface area (Å²) in [5, 5.41) is 9.59. The molecule has 0 spiro atoms. The first-order chi connectivity index (χ1) is 7.10. The summed E-state index contributed by atoms with van der Waals surface area (Å²) >= 11 is 0. The Labute approximate surface area is 87.5 Å². The summed E-state index contributed by atoms with van der Waals surface area (Å²) in [6.45, 7) is 1.81. The molecule has 1 aromatic carbocycles. The van der Waals surface area contributed by atoms with Gasteiger partial charge in [0.1, 0.15) is 6.29 Å². The predicted molar refractivity (Wildman–Crippen MR) is 53.5 cm³/mol. The van der Waals surface area contributed by atoms with Gasteiger partial charge in [-0.2, -0.15) is 0 Å². The Balaban J connectivity index is 3.16. The van der Waals surface area contributed by atoms with E-state index in [1.54, 1.807) is 18.2 Å². The molecule has 0 heterocycles. The van der Waals surface area contributed by atoms with Crippen molar-refractivity contribution in [2.75, 3.05) is 7.11 Å². The lowest BCUT2D eigenvalue weighted by atomic mass is 10.0. The van der Waals surface area contributed by atoms with Crippen LogP contribution in [0.5, 0.6) is 0 Å². The summed E-state index contributed by atoms with van der Waals surface area (Å²) in [6, 6.07) is 4.88. The predicted octanol–water partition coefficient (Wildman–Crippen LogP) is 1.01. The van der Waals surface area contributed by atoms with Crippen LogP contribution in [0, 0.1) is 6.92 Å². The van der Waals surface area contributed by atoms with Crippen LogP contribution in [-0.4, -0.2) is 24.5 Å². The minimum Gasteiger partial charge on any atom is -0.467 e. The lowest BCUT2D eigenvalue weighted by Gasteiger charge is -2.11. The lowest BCUT2D eigenvalue weighted by molar-refractivity contribution is -0.150. The number of carbonyl (C=O) groups is 2. The van der Waals surface area contributed by atoms with E-state index in [0.29, 0.717) is 11.8 Å². The van der Waals surface area contributed by atoms with Crippen molar-refractivity contribution >= 4 is 12.3 Å². The summed E-state index contributed by atoms with van der Waals surface area (Å²) in [5.74, 6) is -0.774. The van der Waals surface area contributed by atoms with E-state index in [1.165, 1.54) is 7.11 Å². The van der Waals surface area contributed by atoms with Crippen molar-refractivity contribution in [1.82, 2.24) is 0 Å². The van der Waals surface area contributed by atoms with E-state index in [0.717, 1.165) is 5.56 Å². The highest BCUT2D eigenvalue weighted by Crippen LogP contribution is 2.19. The van der Waals surface area contributed by atoms with Crippen molar-refractivity contribution in [2.24, 2.45) is 0 Å². The summed E-state index contributed by atoms with van der Waals surface area (Å²) in [4.78, 5) is 21.8. The molecule has 1 rings (SSSR count). The van der Waals surface area contributed by atoms with Gasteiger partial charge in [0.05, 0.1) is 7.11 Å². The van der Waals surface area contributed by atoms with Crippen molar-refractivity contribution in [3.05, 3.63) is 34.9 Å². The largest absolute Gasteiger partial charge is 0.467 e. The van der Waals surface area contributed by atoms with Gasteiger partial charge >= 0.3 is 5.97 Å². The van der Waals surface area contributed by atoms with Crippen LogP contribution >= 0.6 is 0 Å². The second-order valence-corrected chi connectivity index (χ2v) is 3.18. The number of methoxy groups -OCH3 is 1. The van der Waals surface area contributed by atoms with Gasteiger partial charge in [0.25, 0.3) is 0 Å². The number of ether oxygens (including phenoxy) is 1. The molecule has 0 fully saturated rings. The number of carbonyl (C=O) groups excluding carboxylic acids is 2. The van der Waals surface area contributed by atoms with Gasteiger partial charge in [-0.15, -0.1) is 0 Å². The minimum absolute atomic E-state index is 0.275. The van der Waals surface area contributed by atoms with Gasteiger partial charge in [-0.1, -0.05) is 23.8 Å². The fourth-order valence-corrected chi connectivity index (χ4v) is 1.28. The van der Waals surface area contributed by atoms with E-state index in [-0.39, 0.29) is 5.56 Å². The van der Waals surface area contributed by atoms with Crippen LogP contribution in [0.1, 0.15) is 27.6 Å². The molecule has 0 aromatic heterocycles. The molecule has 15 heavy (non-hydrogen) atoms. The van der Waals surface area contributed by atoms with Gasteiger partial charge in [-0.25, -0.2) is 4.79 Å². The Bertz CT molecular complexity index is 384. The molecule has 0 aliphatic heterocycles. The van der Waals surface area contributed by atoms with Crippen molar-refractivity contribution in [1.29, 1.82) is 0 Å². The molecule has 1 atom stereocenters. The minimum atomic E-state index is -1.41. The van der Waals surface area contributed by atoms with Gasteiger partial charge in [-0.05, 0) is 6.92 Å². The van der Waals surface area contributed by atoms with Gasteiger partial charge in [0.15, 0.2) is 6.10 Å². The zero-order chi connectivity index (χ0) is 11.4. The monoisotopic (exact) mass is 208 g/mol. The van der Waals surface area contributed by atoms with E-state index in [1.807, 2.05) is 6.92 Å². The molecule has 1 unspecified atom stereocenters. The molecule has 0 amide bonds. The van der Waals surface area contributed by atoms with Crippen LogP contribution in [0.3, 0.4) is 0 Å². The number of esters is 1. The van der Waals surface area contributed by atoms with Crippen molar-refractivity contribution in [3.63, 3.8) is 0 Å². The number of aryl methyl sites for hydroxylation is 1. The Morgan fingerprint density at radius 3 is 2.73 bits per heavy atom. The summed E-state index contributed by atoms with van der Waals surface area (Å²) in [5.41, 5.74) is 1.42. The van der Waals surface area contributed by atoms with Gasteiger partial charge in [0.2, 0.25) is 0 Å². The molecule has 80 valence electrons. The Hall–Kier alpha value is -1.68. The van der Waals surface area contributed by atoms with E-state index >= 15 is 0 Å². The summed E-state index contributed by atoms with van der Waals surface area (Å²) < 4.78 is 4.40. The number of benzene rings is 1. The molecule has 4 heteroatoms. The van der Waals surface area contributed by atoms with Crippen LogP contribution in [-0.2, 0) is 9.53 Å². The van der Waals surface area contributed by atoms with Gasteiger partial charge in [0, 0.05) is 11.1 Å². The maximum Gasteiger partial charge on any atom is 0.339 e. The summed E-state index contributed by atoms with van der Waals surface area (Å²) in [7, 11) is 1.18. The van der Waals surface area contributed by atoms with Gasteiger partial charge in [-0.3, -0.25) is 4.79 Å². The molecule has 0 radical (unpaired) electrons. The third-order valence-electron chi connectivity index (χ3n) is 2.09. The Morgan fingerprint density at radius 2 is 2.20 bits per heavy atom. The molecule has 0 bridgehead atoms. The lowest BCUT2D eigenvalue weighted by Crippen LogP contribution is -2.15. The quantitative estimate of drug-likeness (QED) is 0.595. The van der Waals surface area contributed by atoms with Crippen molar-refractivity contribution in [2.45, 2.75) is 13.0 Å². The second-order valence-electron chi connectivity index (χ2n) is 3.18. The SMILES string of the molecule is COC(=O)C(O)c1cc(C)ccc1C=O. The normalized spacial score (nSPS) is 11.9. The molecule has 0 saturated carbocycles. The van der Waals surface area contributed by atoms with Crippen LogP contribution in [0.2, 0.25) is 0 Å². The fourth-order valence-electron chi connectivity index (χ4n) is 1.28. The number of aldehydes is 1. The van der Waals surface area contributed by atoms with E-state index in [2.05, 4.69) is 4.74 Å². The van der Waals surface area contributed by atoms with E-state index < -0.39 is 12.1 Å². The zero-order valence-corrected chi connectivity index (χ0v) is 8.56. The summed E-state index contributed by atoms with van der Waals surface area (Å²) in [6.07, 6.45) is -0.809. The molecule has 1 aromatic rings. The average Bonchev–Trinajstić information content (AvgIpc) is 2.27. The molecule has 0 saturated heterocycles. The first-order valence-electron chi connectivity index (χ1n) is 4.41. The standard InChI is InChI=1S/C11H12O4/c1-7-3-4-8(6-12)9(5-7)10(13)11(14)15-2/h3-6,10,13H,1-2H3. The number of aliphatic hydroxyl groups is 1. The highest BCUT2D eigenvalue weighted by molar-refractivity contribution is 5.83. The number of aliphatic hydroxyl groups excluding tert-OH is 1. The first kappa shape index (κ1) is 11.4. The molecule has 1 N–H and O–H groups in total. The molecule has 0 aliphatic rings.